The summed E-state index contributed by atoms with van der Waals surface area (Å²) in [5.41, 5.74) is 4.12. The number of aliphatic imine (C=N–C) groups is 1. The Morgan fingerprint density at radius 2 is 1.82 bits per heavy atom. The minimum absolute atomic E-state index is 0.269. The van der Waals surface area contributed by atoms with Crippen molar-refractivity contribution in [3.05, 3.63) is 72.4 Å². The van der Waals surface area contributed by atoms with E-state index in [2.05, 4.69) is 40.6 Å². The molecule has 2 aliphatic heterocycles. The van der Waals surface area contributed by atoms with Gasteiger partial charge in [-0.2, -0.15) is 5.26 Å². The molecule has 142 valence electrons. The van der Waals surface area contributed by atoms with Gasteiger partial charge in [0.15, 0.2) is 6.29 Å². The first kappa shape index (κ1) is 18.1. The number of nitriles is 1. The molecule has 1 fully saturated rings. The minimum Gasteiger partial charge on any atom is -0.378 e. The lowest BCUT2D eigenvalue weighted by Gasteiger charge is -2.31. The zero-order valence-electron chi connectivity index (χ0n) is 15.7. The van der Waals surface area contributed by atoms with E-state index < -0.39 is 0 Å². The van der Waals surface area contributed by atoms with Crippen molar-refractivity contribution >= 4 is 17.1 Å². The third-order valence-electron chi connectivity index (χ3n) is 4.86. The molecule has 1 atom stereocenters. The molecular weight excluding hydrogens is 350 g/mol. The first-order chi connectivity index (χ1) is 13.8. The smallest absolute Gasteiger partial charge is 0.197 e. The van der Waals surface area contributed by atoms with Crippen LogP contribution < -0.4 is 10.2 Å². The highest BCUT2D eigenvalue weighted by Crippen LogP contribution is 2.21. The van der Waals surface area contributed by atoms with Gasteiger partial charge in [-0.05, 0) is 35.9 Å². The molecule has 28 heavy (non-hydrogen) atoms. The number of nitrogens with zero attached hydrogens (tertiary/aromatic N) is 4. The van der Waals surface area contributed by atoms with Crippen LogP contribution in [0, 0.1) is 11.3 Å². The summed E-state index contributed by atoms with van der Waals surface area (Å²) >= 11 is 0. The molecule has 0 bridgehead atoms. The number of ether oxygens (including phenoxy) is 1. The first-order valence-corrected chi connectivity index (χ1v) is 9.47. The molecule has 2 aromatic rings. The minimum atomic E-state index is -0.325. The molecule has 2 aromatic carbocycles. The van der Waals surface area contributed by atoms with Crippen molar-refractivity contribution in [1.29, 1.82) is 5.26 Å². The highest BCUT2D eigenvalue weighted by Gasteiger charge is 2.19. The van der Waals surface area contributed by atoms with Gasteiger partial charge in [-0.15, -0.1) is 0 Å². The fourth-order valence-electron chi connectivity index (χ4n) is 3.35. The standard InChI is InChI=1S/C22H23N5O/c23-11-13-27-12-10-21(18-4-2-1-3-5-18)25-22(27)24-19-6-8-20(9-7-19)26-14-16-28-17-15-26/h1-10,12,22,24H,13-17H2. The summed E-state index contributed by atoms with van der Waals surface area (Å²) in [6.07, 6.45) is 3.55. The van der Waals surface area contributed by atoms with Gasteiger partial charge in [0.25, 0.3) is 0 Å². The Morgan fingerprint density at radius 3 is 2.54 bits per heavy atom. The number of nitrogens with one attached hydrogen (secondary N) is 1. The molecule has 0 aliphatic carbocycles. The van der Waals surface area contributed by atoms with Crippen LogP contribution in [0.1, 0.15) is 5.56 Å². The van der Waals surface area contributed by atoms with Crippen LogP contribution in [0.15, 0.2) is 71.9 Å². The van der Waals surface area contributed by atoms with Crippen molar-refractivity contribution in [3.63, 3.8) is 0 Å². The molecule has 6 nitrogen and oxygen atoms in total. The summed E-state index contributed by atoms with van der Waals surface area (Å²) in [6.45, 7) is 3.65. The Morgan fingerprint density at radius 1 is 1.07 bits per heavy atom. The summed E-state index contributed by atoms with van der Waals surface area (Å²) in [4.78, 5) is 9.04. The third-order valence-corrected chi connectivity index (χ3v) is 4.86. The Hall–Kier alpha value is -3.30. The van der Waals surface area contributed by atoms with Gasteiger partial charge in [0.2, 0.25) is 0 Å². The Balaban J connectivity index is 1.51. The van der Waals surface area contributed by atoms with Crippen LogP contribution in [0.2, 0.25) is 0 Å². The van der Waals surface area contributed by atoms with Crippen LogP contribution in [-0.4, -0.2) is 49.7 Å². The predicted molar refractivity (Wildman–Crippen MR) is 111 cm³/mol. The van der Waals surface area contributed by atoms with E-state index in [0.717, 1.165) is 43.3 Å². The zero-order chi connectivity index (χ0) is 19.2. The SMILES string of the molecule is N#CCN1C=CC(c2ccccc2)=NC1Nc1ccc(N2CCOCC2)cc1. The van der Waals surface area contributed by atoms with Crippen molar-refractivity contribution in [1.82, 2.24) is 4.90 Å². The number of anilines is 2. The average Bonchev–Trinajstić information content (AvgIpc) is 2.77. The number of hydrogen-bond donors (Lipinski definition) is 1. The normalized spacial score (nSPS) is 19.1. The van der Waals surface area contributed by atoms with E-state index in [-0.39, 0.29) is 12.8 Å². The molecule has 0 amide bonds. The molecular formula is C22H23N5O. The maximum Gasteiger partial charge on any atom is 0.197 e. The van der Waals surface area contributed by atoms with E-state index in [1.165, 1.54) is 5.69 Å². The molecule has 0 saturated carbocycles. The van der Waals surface area contributed by atoms with Gasteiger partial charge < -0.3 is 19.9 Å². The van der Waals surface area contributed by atoms with E-state index >= 15 is 0 Å². The molecule has 2 heterocycles. The molecule has 0 aromatic heterocycles. The van der Waals surface area contributed by atoms with Gasteiger partial charge in [0.05, 0.1) is 25.0 Å². The van der Waals surface area contributed by atoms with Gasteiger partial charge in [-0.25, -0.2) is 4.99 Å². The van der Waals surface area contributed by atoms with Crippen molar-refractivity contribution < 1.29 is 4.74 Å². The van der Waals surface area contributed by atoms with Gasteiger partial charge >= 0.3 is 0 Å². The van der Waals surface area contributed by atoms with E-state index in [4.69, 9.17) is 15.0 Å². The summed E-state index contributed by atoms with van der Waals surface area (Å²) in [5.74, 6) is 0. The fraction of sp³-hybridized carbons (Fsp3) is 0.273. The Kier molecular flexibility index (Phi) is 5.55. The van der Waals surface area contributed by atoms with Crippen LogP contribution in [0.5, 0.6) is 0 Å². The van der Waals surface area contributed by atoms with E-state index in [9.17, 15) is 0 Å². The molecule has 4 rings (SSSR count). The fourth-order valence-corrected chi connectivity index (χ4v) is 3.35. The molecule has 1 N–H and O–H groups in total. The van der Waals surface area contributed by atoms with E-state index in [1.54, 1.807) is 0 Å². The lowest BCUT2D eigenvalue weighted by atomic mass is 10.1. The Bertz CT molecular complexity index is 879. The average molecular weight is 373 g/mol. The summed E-state index contributed by atoms with van der Waals surface area (Å²) < 4.78 is 5.42. The molecule has 2 aliphatic rings. The van der Waals surface area contributed by atoms with Crippen molar-refractivity contribution in [2.24, 2.45) is 4.99 Å². The predicted octanol–water partition coefficient (Wildman–Crippen LogP) is 3.06. The number of morpholine rings is 1. The van der Waals surface area contributed by atoms with Crippen molar-refractivity contribution in [2.45, 2.75) is 6.29 Å². The zero-order valence-corrected chi connectivity index (χ0v) is 15.7. The molecule has 0 radical (unpaired) electrons. The number of allylic oxidation sites excluding steroid dienone is 1. The van der Waals surface area contributed by atoms with Gasteiger partial charge in [0.1, 0.15) is 6.54 Å². The van der Waals surface area contributed by atoms with E-state index in [0.29, 0.717) is 0 Å². The number of rotatable bonds is 5. The highest BCUT2D eigenvalue weighted by atomic mass is 16.5. The molecule has 0 spiro atoms. The summed E-state index contributed by atoms with van der Waals surface area (Å²) in [5, 5.41) is 12.6. The Labute approximate surface area is 165 Å². The van der Waals surface area contributed by atoms with Gasteiger partial charge in [-0.1, -0.05) is 30.3 Å². The number of benzene rings is 2. The van der Waals surface area contributed by atoms with Crippen LogP contribution in [0.25, 0.3) is 0 Å². The second-order valence-electron chi connectivity index (χ2n) is 6.69. The van der Waals surface area contributed by atoms with Crippen LogP contribution in [-0.2, 0) is 4.74 Å². The lowest BCUT2D eigenvalue weighted by Crippen LogP contribution is -2.39. The van der Waals surface area contributed by atoms with Gasteiger partial charge in [-0.3, -0.25) is 0 Å². The molecule has 6 heteroatoms. The lowest BCUT2D eigenvalue weighted by molar-refractivity contribution is 0.122. The van der Waals surface area contributed by atoms with E-state index in [1.807, 2.05) is 47.5 Å². The van der Waals surface area contributed by atoms with Crippen molar-refractivity contribution in [2.75, 3.05) is 43.1 Å². The summed E-state index contributed by atoms with van der Waals surface area (Å²) in [6, 6.07) is 20.6. The van der Waals surface area contributed by atoms with Crippen LogP contribution in [0.4, 0.5) is 11.4 Å². The summed E-state index contributed by atoms with van der Waals surface area (Å²) in [7, 11) is 0. The second-order valence-corrected chi connectivity index (χ2v) is 6.69. The first-order valence-electron chi connectivity index (χ1n) is 9.47. The highest BCUT2D eigenvalue weighted by molar-refractivity contribution is 6.09. The topological polar surface area (TPSA) is 63.9 Å². The van der Waals surface area contributed by atoms with Crippen LogP contribution in [0.3, 0.4) is 0 Å². The monoisotopic (exact) mass is 373 g/mol. The maximum atomic E-state index is 9.15. The quantitative estimate of drug-likeness (QED) is 0.816. The third kappa shape index (κ3) is 4.16. The van der Waals surface area contributed by atoms with Crippen molar-refractivity contribution in [3.8, 4) is 6.07 Å². The van der Waals surface area contributed by atoms with Gasteiger partial charge in [0, 0.05) is 30.7 Å². The molecule has 1 unspecified atom stereocenters. The number of hydrogen-bond acceptors (Lipinski definition) is 6. The molecule has 1 saturated heterocycles. The largest absolute Gasteiger partial charge is 0.378 e. The van der Waals surface area contributed by atoms with Crippen LogP contribution >= 0.6 is 0 Å². The maximum absolute atomic E-state index is 9.15. The second kappa shape index (κ2) is 8.59.